The summed E-state index contributed by atoms with van der Waals surface area (Å²) in [7, 11) is 0. The zero-order chi connectivity index (χ0) is 14.8. The van der Waals surface area contributed by atoms with Crippen LogP contribution in [0, 0.1) is 0 Å². The van der Waals surface area contributed by atoms with Crippen LogP contribution >= 0.6 is 27.5 Å². The van der Waals surface area contributed by atoms with Gasteiger partial charge < -0.3 is 4.90 Å². The van der Waals surface area contributed by atoms with E-state index in [2.05, 4.69) is 20.9 Å². The number of nitrogens with zero attached hydrogens (tertiary/aromatic N) is 2. The summed E-state index contributed by atoms with van der Waals surface area (Å²) in [5.74, 6) is 0.00576. The molecule has 1 aliphatic heterocycles. The van der Waals surface area contributed by atoms with E-state index >= 15 is 0 Å². The van der Waals surface area contributed by atoms with Gasteiger partial charge in [-0.05, 0) is 46.5 Å². The molecule has 0 saturated carbocycles. The molecule has 2 aromatic rings. The molecule has 1 unspecified atom stereocenters. The number of carbonyl (C=O) groups is 1. The average molecular weight is 366 g/mol. The average Bonchev–Trinajstić information content (AvgIpc) is 2.96. The molecule has 1 saturated heterocycles. The van der Waals surface area contributed by atoms with Crippen LogP contribution in [0.4, 0.5) is 0 Å². The van der Waals surface area contributed by atoms with E-state index in [-0.39, 0.29) is 11.9 Å². The zero-order valence-electron chi connectivity index (χ0n) is 11.3. The van der Waals surface area contributed by atoms with E-state index in [0.29, 0.717) is 5.56 Å². The fraction of sp³-hybridized carbons (Fsp3) is 0.250. The Hall–Kier alpha value is -1.39. The maximum Gasteiger partial charge on any atom is 0.255 e. The largest absolute Gasteiger partial charge is 0.332 e. The summed E-state index contributed by atoms with van der Waals surface area (Å²) in [6.07, 6.45) is 5.21. The van der Waals surface area contributed by atoms with Crippen LogP contribution in [-0.4, -0.2) is 22.3 Å². The molecular formula is C16H14BrClN2O. The third-order valence-corrected chi connectivity index (χ3v) is 4.51. The predicted octanol–water partition coefficient (Wildman–Crippen LogP) is 4.47. The predicted molar refractivity (Wildman–Crippen MR) is 86.4 cm³/mol. The van der Waals surface area contributed by atoms with Gasteiger partial charge in [0, 0.05) is 28.4 Å². The smallest absolute Gasteiger partial charge is 0.255 e. The van der Waals surface area contributed by atoms with E-state index < -0.39 is 0 Å². The maximum absolute atomic E-state index is 12.7. The number of benzene rings is 1. The quantitative estimate of drug-likeness (QED) is 0.786. The Morgan fingerprint density at radius 2 is 2.14 bits per heavy atom. The second kappa shape index (κ2) is 6.16. The minimum Gasteiger partial charge on any atom is -0.332 e. The summed E-state index contributed by atoms with van der Waals surface area (Å²) in [6, 6.07) is 9.59. The first-order valence-corrected chi connectivity index (χ1v) is 8.00. The second-order valence-electron chi connectivity index (χ2n) is 5.07. The number of aromatic nitrogens is 1. The molecule has 1 amide bonds. The topological polar surface area (TPSA) is 33.2 Å². The first kappa shape index (κ1) is 14.5. The van der Waals surface area contributed by atoms with Crippen LogP contribution in [0.3, 0.4) is 0 Å². The second-order valence-corrected chi connectivity index (χ2v) is 6.39. The summed E-state index contributed by atoms with van der Waals surface area (Å²) >= 11 is 9.64. The number of hydrogen-bond acceptors (Lipinski definition) is 2. The highest BCUT2D eigenvalue weighted by Gasteiger charge is 2.31. The van der Waals surface area contributed by atoms with Crippen molar-refractivity contribution in [2.24, 2.45) is 0 Å². The van der Waals surface area contributed by atoms with Gasteiger partial charge in [-0.15, -0.1) is 0 Å². The zero-order valence-corrected chi connectivity index (χ0v) is 13.6. The number of halogens is 2. The van der Waals surface area contributed by atoms with Gasteiger partial charge in [-0.3, -0.25) is 9.78 Å². The number of pyridine rings is 1. The molecule has 1 aromatic carbocycles. The van der Waals surface area contributed by atoms with Gasteiger partial charge in [-0.25, -0.2) is 0 Å². The maximum atomic E-state index is 12.7. The molecule has 1 aliphatic rings. The molecule has 1 fully saturated rings. The molecule has 1 aromatic heterocycles. The van der Waals surface area contributed by atoms with Gasteiger partial charge in [0.1, 0.15) is 0 Å². The van der Waals surface area contributed by atoms with Gasteiger partial charge in [0.15, 0.2) is 0 Å². The summed E-state index contributed by atoms with van der Waals surface area (Å²) < 4.78 is 0.807. The normalized spacial score (nSPS) is 18.0. The highest BCUT2D eigenvalue weighted by molar-refractivity contribution is 9.10. The number of hydrogen-bond donors (Lipinski definition) is 0. The van der Waals surface area contributed by atoms with Crippen molar-refractivity contribution in [1.29, 1.82) is 0 Å². The molecule has 0 N–H and O–H groups in total. The molecular weight excluding hydrogens is 352 g/mol. The van der Waals surface area contributed by atoms with E-state index in [1.165, 1.54) is 0 Å². The number of amides is 1. The summed E-state index contributed by atoms with van der Waals surface area (Å²) in [6.45, 7) is 0.751. The first-order chi connectivity index (χ1) is 10.2. The van der Waals surface area contributed by atoms with Gasteiger partial charge in [-0.1, -0.05) is 29.8 Å². The van der Waals surface area contributed by atoms with E-state index in [1.54, 1.807) is 18.5 Å². The van der Waals surface area contributed by atoms with Crippen molar-refractivity contribution in [2.45, 2.75) is 18.9 Å². The minimum atomic E-state index is 0.00576. The molecule has 0 radical (unpaired) electrons. The Bertz CT molecular complexity index is 677. The number of rotatable bonds is 2. The molecule has 3 nitrogen and oxygen atoms in total. The van der Waals surface area contributed by atoms with Gasteiger partial charge in [0.05, 0.1) is 11.6 Å². The Balaban J connectivity index is 1.91. The van der Waals surface area contributed by atoms with Crippen LogP contribution in [0.25, 0.3) is 0 Å². The molecule has 2 heterocycles. The molecule has 5 heteroatoms. The van der Waals surface area contributed by atoms with Crippen LogP contribution in [0.5, 0.6) is 0 Å². The Labute approximate surface area is 137 Å². The Morgan fingerprint density at radius 3 is 2.90 bits per heavy atom. The van der Waals surface area contributed by atoms with Crippen LogP contribution in [0.1, 0.15) is 34.8 Å². The molecule has 21 heavy (non-hydrogen) atoms. The number of likely N-dealkylation sites (tertiary alicyclic amines) is 1. The Kier molecular flexibility index (Phi) is 4.27. The highest BCUT2D eigenvalue weighted by atomic mass is 79.9. The Morgan fingerprint density at radius 1 is 1.33 bits per heavy atom. The monoisotopic (exact) mass is 364 g/mol. The van der Waals surface area contributed by atoms with E-state index in [1.807, 2.05) is 29.2 Å². The van der Waals surface area contributed by atoms with Crippen molar-refractivity contribution in [3.8, 4) is 0 Å². The van der Waals surface area contributed by atoms with Crippen molar-refractivity contribution in [1.82, 2.24) is 9.88 Å². The molecule has 108 valence electrons. The SMILES string of the molecule is O=C(c1cncc(Br)c1)N1CCCC1c1ccccc1Cl. The van der Waals surface area contributed by atoms with Crippen LogP contribution in [0.2, 0.25) is 5.02 Å². The highest BCUT2D eigenvalue weighted by Crippen LogP contribution is 2.36. The van der Waals surface area contributed by atoms with Gasteiger partial charge in [0.25, 0.3) is 5.91 Å². The molecule has 0 aliphatic carbocycles. The third kappa shape index (κ3) is 2.97. The van der Waals surface area contributed by atoms with Crippen LogP contribution in [0.15, 0.2) is 47.2 Å². The molecule has 0 bridgehead atoms. The lowest BCUT2D eigenvalue weighted by atomic mass is 10.0. The lowest BCUT2D eigenvalue weighted by Crippen LogP contribution is -2.30. The minimum absolute atomic E-state index is 0.00576. The number of carbonyl (C=O) groups excluding carboxylic acids is 1. The third-order valence-electron chi connectivity index (χ3n) is 3.73. The summed E-state index contributed by atoms with van der Waals surface area (Å²) in [5, 5.41) is 0.717. The van der Waals surface area contributed by atoms with Crippen molar-refractivity contribution in [2.75, 3.05) is 6.54 Å². The molecule has 3 rings (SSSR count). The fourth-order valence-electron chi connectivity index (χ4n) is 2.77. The lowest BCUT2D eigenvalue weighted by molar-refractivity contribution is 0.0735. The molecule has 0 spiro atoms. The van der Waals surface area contributed by atoms with Crippen LogP contribution in [-0.2, 0) is 0 Å². The van der Waals surface area contributed by atoms with Gasteiger partial charge >= 0.3 is 0 Å². The standard InChI is InChI=1S/C16H14BrClN2O/c17-12-8-11(9-19-10-12)16(21)20-7-3-6-15(20)13-4-1-2-5-14(13)18/h1-2,4-5,8-10,15H,3,6-7H2. The fourth-order valence-corrected chi connectivity index (χ4v) is 3.40. The summed E-state index contributed by atoms with van der Waals surface area (Å²) in [5.41, 5.74) is 1.62. The van der Waals surface area contributed by atoms with Crippen molar-refractivity contribution >= 4 is 33.4 Å². The van der Waals surface area contributed by atoms with E-state index in [0.717, 1.165) is 34.4 Å². The van der Waals surface area contributed by atoms with Crippen molar-refractivity contribution in [3.63, 3.8) is 0 Å². The molecule has 1 atom stereocenters. The van der Waals surface area contributed by atoms with Gasteiger partial charge in [-0.2, -0.15) is 0 Å². The van der Waals surface area contributed by atoms with Gasteiger partial charge in [0.2, 0.25) is 0 Å². The van der Waals surface area contributed by atoms with Crippen molar-refractivity contribution in [3.05, 3.63) is 63.3 Å². The van der Waals surface area contributed by atoms with Crippen molar-refractivity contribution < 1.29 is 4.79 Å². The summed E-state index contributed by atoms with van der Waals surface area (Å²) in [4.78, 5) is 18.7. The first-order valence-electron chi connectivity index (χ1n) is 6.83. The van der Waals surface area contributed by atoms with E-state index in [4.69, 9.17) is 11.6 Å². The van der Waals surface area contributed by atoms with E-state index in [9.17, 15) is 4.79 Å². The van der Waals surface area contributed by atoms with Crippen LogP contribution < -0.4 is 0 Å². The lowest BCUT2D eigenvalue weighted by Gasteiger charge is -2.25.